The van der Waals surface area contributed by atoms with Crippen LogP contribution in [0.15, 0.2) is 22.6 Å². The molecule has 2 aromatic rings. The average molecular weight is 299 g/mol. The number of benzene rings is 1. The first-order valence-corrected chi connectivity index (χ1v) is 6.17. The smallest absolute Gasteiger partial charge is 0.376 e. The molecule has 7 heteroatoms. The molecule has 0 bridgehead atoms. The van der Waals surface area contributed by atoms with Crippen molar-refractivity contribution in [2.45, 2.75) is 20.3 Å². The highest BCUT2D eigenvalue weighted by Crippen LogP contribution is 2.30. The van der Waals surface area contributed by atoms with Crippen LogP contribution in [0.2, 0.25) is 0 Å². The van der Waals surface area contributed by atoms with E-state index in [4.69, 9.17) is 4.42 Å². The van der Waals surface area contributed by atoms with Gasteiger partial charge in [0.05, 0.1) is 12.2 Å². The van der Waals surface area contributed by atoms with Crippen molar-refractivity contribution < 1.29 is 27.1 Å². The zero-order valence-electron chi connectivity index (χ0n) is 11.3. The van der Waals surface area contributed by atoms with Crippen LogP contribution in [0.3, 0.4) is 0 Å². The van der Waals surface area contributed by atoms with Crippen LogP contribution in [0.25, 0.3) is 11.5 Å². The Kier molecular flexibility index (Phi) is 4.30. The van der Waals surface area contributed by atoms with Gasteiger partial charge in [-0.15, -0.1) is 0 Å². The molecule has 0 aliphatic heterocycles. The lowest BCUT2D eigenvalue weighted by Gasteiger charge is -2.01. The fraction of sp³-hybridized carbons (Fsp3) is 0.286. The van der Waals surface area contributed by atoms with Crippen molar-refractivity contribution in [1.82, 2.24) is 4.98 Å². The molecule has 1 heterocycles. The number of hydrogen-bond acceptors (Lipinski definition) is 4. The van der Waals surface area contributed by atoms with Crippen LogP contribution in [0, 0.1) is 12.7 Å². The number of nitrogens with zero attached hydrogens (tertiary/aromatic N) is 1. The minimum absolute atomic E-state index is 0.00362. The molecule has 0 radical (unpaired) electrons. The summed E-state index contributed by atoms with van der Waals surface area (Å²) in [5.41, 5.74) is -0.640. The first-order chi connectivity index (χ1) is 9.95. The summed E-state index contributed by atoms with van der Waals surface area (Å²) in [4.78, 5) is 15.1. The fourth-order valence-electron chi connectivity index (χ4n) is 1.75. The Labute approximate surface area is 118 Å². The molecule has 112 valence electrons. The summed E-state index contributed by atoms with van der Waals surface area (Å²) in [5, 5.41) is 0. The summed E-state index contributed by atoms with van der Waals surface area (Å²) in [6, 6.07) is 4.38. The Morgan fingerprint density at radius 1 is 1.43 bits per heavy atom. The molecule has 1 aromatic carbocycles. The molecule has 0 atom stereocenters. The van der Waals surface area contributed by atoms with Crippen molar-refractivity contribution in [3.8, 4) is 11.5 Å². The highest BCUT2D eigenvalue weighted by atomic mass is 19.3. The summed E-state index contributed by atoms with van der Waals surface area (Å²) in [6.45, 7) is 3.04. The van der Waals surface area contributed by atoms with E-state index in [9.17, 15) is 18.0 Å². The summed E-state index contributed by atoms with van der Waals surface area (Å²) in [5.74, 6) is -2.79. The molecule has 21 heavy (non-hydrogen) atoms. The first kappa shape index (κ1) is 15.1. The van der Waals surface area contributed by atoms with Crippen molar-refractivity contribution in [2.75, 3.05) is 6.61 Å². The molecule has 0 fully saturated rings. The lowest BCUT2D eigenvalue weighted by molar-refractivity contribution is 0.0476. The Bertz CT molecular complexity index is 667. The van der Waals surface area contributed by atoms with Gasteiger partial charge in [0.15, 0.2) is 5.69 Å². The second-order valence-electron chi connectivity index (χ2n) is 4.19. The maximum atomic E-state index is 14.0. The van der Waals surface area contributed by atoms with Crippen LogP contribution in [-0.2, 0) is 4.74 Å². The lowest BCUT2D eigenvalue weighted by atomic mass is 10.1. The third-order valence-corrected chi connectivity index (χ3v) is 2.74. The predicted molar refractivity (Wildman–Crippen MR) is 67.5 cm³/mol. The Morgan fingerprint density at radius 3 is 2.76 bits per heavy atom. The van der Waals surface area contributed by atoms with Crippen LogP contribution >= 0.6 is 0 Å². The monoisotopic (exact) mass is 299 g/mol. The second kappa shape index (κ2) is 5.99. The van der Waals surface area contributed by atoms with Crippen LogP contribution in [-0.4, -0.2) is 17.6 Å². The van der Waals surface area contributed by atoms with Gasteiger partial charge >= 0.3 is 5.97 Å². The second-order valence-corrected chi connectivity index (χ2v) is 4.19. The SMILES string of the molecule is CCOC(=O)c1oc(-c2cccc(C)c2F)nc1C(F)F. The third kappa shape index (κ3) is 2.91. The van der Waals surface area contributed by atoms with Gasteiger partial charge in [0.2, 0.25) is 11.7 Å². The van der Waals surface area contributed by atoms with Gasteiger partial charge in [-0.1, -0.05) is 12.1 Å². The fourth-order valence-corrected chi connectivity index (χ4v) is 1.75. The molecular formula is C14H12F3NO3. The number of oxazole rings is 1. The third-order valence-electron chi connectivity index (χ3n) is 2.74. The zero-order chi connectivity index (χ0) is 15.6. The van der Waals surface area contributed by atoms with Crippen molar-refractivity contribution >= 4 is 5.97 Å². The highest BCUT2D eigenvalue weighted by Gasteiger charge is 2.28. The van der Waals surface area contributed by atoms with Gasteiger partial charge in [0, 0.05) is 0 Å². The average Bonchev–Trinajstić information content (AvgIpc) is 2.87. The molecule has 4 nitrogen and oxygen atoms in total. The quantitative estimate of drug-likeness (QED) is 0.803. The van der Waals surface area contributed by atoms with E-state index in [1.807, 2.05) is 0 Å². The largest absolute Gasteiger partial charge is 0.460 e. The number of rotatable bonds is 4. The number of ether oxygens (including phenoxy) is 1. The lowest BCUT2D eigenvalue weighted by Crippen LogP contribution is -2.06. The molecule has 0 aliphatic rings. The number of esters is 1. The van der Waals surface area contributed by atoms with Gasteiger partial charge in [0.25, 0.3) is 6.43 Å². The number of aromatic nitrogens is 1. The van der Waals surface area contributed by atoms with Crippen LogP contribution in [0.1, 0.15) is 35.2 Å². The maximum Gasteiger partial charge on any atom is 0.376 e. The highest BCUT2D eigenvalue weighted by molar-refractivity contribution is 5.88. The van der Waals surface area contributed by atoms with E-state index < -0.39 is 29.7 Å². The van der Waals surface area contributed by atoms with Gasteiger partial charge < -0.3 is 9.15 Å². The van der Waals surface area contributed by atoms with Crippen molar-refractivity contribution in [1.29, 1.82) is 0 Å². The minimum atomic E-state index is -3.03. The molecule has 0 saturated heterocycles. The number of hydrogen-bond donors (Lipinski definition) is 0. The first-order valence-electron chi connectivity index (χ1n) is 6.17. The topological polar surface area (TPSA) is 52.3 Å². The summed E-state index contributed by atoms with van der Waals surface area (Å²) in [6.07, 6.45) is -3.03. The van der Waals surface area contributed by atoms with E-state index in [2.05, 4.69) is 9.72 Å². The number of aryl methyl sites for hydroxylation is 1. The van der Waals surface area contributed by atoms with Crippen LogP contribution in [0.5, 0.6) is 0 Å². The number of halogens is 3. The Hall–Kier alpha value is -2.31. The van der Waals surface area contributed by atoms with E-state index in [-0.39, 0.29) is 18.1 Å². The number of carbonyl (C=O) groups excluding carboxylic acids is 1. The van der Waals surface area contributed by atoms with Crippen LogP contribution < -0.4 is 0 Å². The number of carbonyl (C=O) groups is 1. The summed E-state index contributed by atoms with van der Waals surface area (Å²) in [7, 11) is 0. The normalized spacial score (nSPS) is 11.0. The van der Waals surface area contributed by atoms with E-state index in [0.717, 1.165) is 0 Å². The predicted octanol–water partition coefficient (Wildman–Crippen LogP) is 3.90. The molecule has 1 aromatic heterocycles. The maximum absolute atomic E-state index is 14.0. The van der Waals surface area contributed by atoms with Gasteiger partial charge in [-0.05, 0) is 25.5 Å². The summed E-state index contributed by atoms with van der Waals surface area (Å²) >= 11 is 0. The molecule has 0 amide bonds. The van der Waals surface area contributed by atoms with E-state index in [1.54, 1.807) is 0 Å². The number of alkyl halides is 2. The van der Waals surface area contributed by atoms with Crippen molar-refractivity contribution in [3.05, 3.63) is 41.0 Å². The van der Waals surface area contributed by atoms with E-state index in [0.29, 0.717) is 5.56 Å². The Balaban J connectivity index is 2.54. The van der Waals surface area contributed by atoms with Gasteiger partial charge in [-0.25, -0.2) is 22.9 Å². The molecule has 0 aliphatic carbocycles. The standard InChI is InChI=1S/C14H12F3NO3/c1-3-20-14(19)11-10(12(16)17)18-13(21-11)8-6-4-5-7(2)9(8)15/h4-6,12H,3H2,1-2H3. The molecule has 0 N–H and O–H groups in total. The van der Waals surface area contributed by atoms with Crippen LogP contribution in [0.4, 0.5) is 13.2 Å². The van der Waals surface area contributed by atoms with E-state index >= 15 is 0 Å². The molecule has 0 spiro atoms. The van der Waals surface area contributed by atoms with Crippen molar-refractivity contribution in [3.63, 3.8) is 0 Å². The molecule has 2 rings (SSSR count). The van der Waals surface area contributed by atoms with Gasteiger partial charge in [-0.2, -0.15) is 0 Å². The Morgan fingerprint density at radius 2 is 2.14 bits per heavy atom. The molecule has 0 unspecified atom stereocenters. The van der Waals surface area contributed by atoms with E-state index in [1.165, 1.54) is 32.0 Å². The van der Waals surface area contributed by atoms with Crippen molar-refractivity contribution in [2.24, 2.45) is 0 Å². The summed E-state index contributed by atoms with van der Waals surface area (Å²) < 4.78 is 49.4. The molecule has 0 saturated carbocycles. The van der Waals surface area contributed by atoms with Gasteiger partial charge in [-0.3, -0.25) is 0 Å². The minimum Gasteiger partial charge on any atom is -0.460 e. The molecular weight excluding hydrogens is 287 g/mol. The van der Waals surface area contributed by atoms with Gasteiger partial charge in [0.1, 0.15) is 5.82 Å². The zero-order valence-corrected chi connectivity index (χ0v) is 11.3.